The molecule has 2 amide bonds. The van der Waals surface area contributed by atoms with Crippen LogP contribution in [0.4, 0.5) is 4.79 Å². The quantitative estimate of drug-likeness (QED) is 0.574. The zero-order valence-corrected chi connectivity index (χ0v) is 16.6. The Morgan fingerprint density at radius 1 is 1.41 bits per heavy atom. The van der Waals surface area contributed by atoms with Crippen molar-refractivity contribution in [2.45, 2.75) is 32.2 Å². The molecule has 0 saturated carbocycles. The maximum Gasteiger partial charge on any atom is 0.338 e. The van der Waals surface area contributed by atoms with E-state index in [1.807, 2.05) is 16.8 Å². The third-order valence-electron chi connectivity index (χ3n) is 4.94. The molecule has 1 N–H and O–H groups in total. The van der Waals surface area contributed by atoms with Crippen LogP contribution in [0.3, 0.4) is 0 Å². The molecule has 1 fully saturated rings. The Hall–Kier alpha value is -2.12. The summed E-state index contributed by atoms with van der Waals surface area (Å²) in [7, 11) is 0. The molecule has 0 radical (unpaired) electrons. The standard InChI is InChI=1S/C20H27N3O3S/c1-3-9-23-16(13-22-10-6-5-7-11-22)17(19(24)26-4-2)18(21-20(23)25)15-8-12-27-14-15/h3,8,12,14,18H,1,4-7,9-11,13H2,2H3,(H,21,25)/t18-/m1/s1. The monoisotopic (exact) mass is 389 g/mol. The average molecular weight is 390 g/mol. The highest BCUT2D eigenvalue weighted by atomic mass is 32.1. The number of piperidine rings is 1. The highest BCUT2D eigenvalue weighted by Crippen LogP contribution is 2.33. The van der Waals surface area contributed by atoms with Gasteiger partial charge in [0.15, 0.2) is 0 Å². The minimum absolute atomic E-state index is 0.203. The lowest BCUT2D eigenvalue weighted by Gasteiger charge is -2.38. The molecule has 7 heteroatoms. The second-order valence-corrected chi connectivity index (χ2v) is 7.54. The van der Waals surface area contributed by atoms with Gasteiger partial charge < -0.3 is 10.1 Å². The Morgan fingerprint density at radius 3 is 2.81 bits per heavy atom. The molecule has 1 aromatic rings. The van der Waals surface area contributed by atoms with Crippen LogP contribution in [0.25, 0.3) is 0 Å². The number of hydrogen-bond acceptors (Lipinski definition) is 5. The number of likely N-dealkylation sites (tertiary alicyclic amines) is 1. The number of carbonyl (C=O) groups excluding carboxylic acids is 2. The third kappa shape index (κ3) is 4.42. The van der Waals surface area contributed by atoms with Crippen LogP contribution < -0.4 is 5.32 Å². The van der Waals surface area contributed by atoms with Gasteiger partial charge >= 0.3 is 12.0 Å². The maximum atomic E-state index is 12.9. The summed E-state index contributed by atoms with van der Waals surface area (Å²) >= 11 is 1.54. The summed E-state index contributed by atoms with van der Waals surface area (Å²) in [6, 6.07) is 1.26. The van der Waals surface area contributed by atoms with Crippen molar-refractivity contribution < 1.29 is 14.3 Å². The second kappa shape index (κ2) is 9.19. The van der Waals surface area contributed by atoms with Crippen LogP contribution in [-0.2, 0) is 9.53 Å². The van der Waals surface area contributed by atoms with Gasteiger partial charge in [0.2, 0.25) is 0 Å². The first-order valence-corrected chi connectivity index (χ1v) is 10.4. The molecule has 2 aliphatic heterocycles. The number of amides is 2. The third-order valence-corrected chi connectivity index (χ3v) is 5.65. The fourth-order valence-electron chi connectivity index (χ4n) is 3.66. The molecule has 0 aromatic carbocycles. The molecule has 3 heterocycles. The van der Waals surface area contributed by atoms with Gasteiger partial charge in [-0.05, 0) is 55.2 Å². The first kappa shape index (κ1) is 19.6. The molecule has 3 rings (SSSR count). The van der Waals surface area contributed by atoms with E-state index in [0.29, 0.717) is 25.3 Å². The van der Waals surface area contributed by atoms with Crippen LogP contribution in [0.1, 0.15) is 37.8 Å². The molecule has 0 aliphatic carbocycles. The predicted molar refractivity (Wildman–Crippen MR) is 106 cm³/mol. The molecule has 1 aromatic heterocycles. The Labute approximate surface area is 164 Å². The van der Waals surface area contributed by atoms with Gasteiger partial charge in [0, 0.05) is 18.8 Å². The first-order chi connectivity index (χ1) is 13.2. The highest BCUT2D eigenvalue weighted by molar-refractivity contribution is 7.08. The summed E-state index contributed by atoms with van der Waals surface area (Å²) in [5, 5.41) is 6.89. The molecule has 6 nitrogen and oxygen atoms in total. The van der Waals surface area contributed by atoms with Crippen molar-refractivity contribution in [3.8, 4) is 0 Å². The van der Waals surface area contributed by atoms with E-state index >= 15 is 0 Å². The van der Waals surface area contributed by atoms with E-state index in [1.54, 1.807) is 29.2 Å². The lowest BCUT2D eigenvalue weighted by atomic mass is 9.95. The molecule has 0 spiro atoms. The summed E-state index contributed by atoms with van der Waals surface area (Å²) in [6.45, 7) is 8.74. The molecule has 0 unspecified atom stereocenters. The summed E-state index contributed by atoms with van der Waals surface area (Å²) in [5.74, 6) is -0.366. The Balaban J connectivity index is 2.05. The normalized spacial score (nSPS) is 21.1. The molecule has 2 aliphatic rings. The van der Waals surface area contributed by atoms with Crippen molar-refractivity contribution in [2.24, 2.45) is 0 Å². The number of carbonyl (C=O) groups is 2. The number of urea groups is 1. The summed E-state index contributed by atoms with van der Waals surface area (Å²) in [6.07, 6.45) is 5.20. The smallest absolute Gasteiger partial charge is 0.338 e. The summed E-state index contributed by atoms with van der Waals surface area (Å²) < 4.78 is 5.38. The molecule has 1 saturated heterocycles. The van der Waals surface area contributed by atoms with Crippen molar-refractivity contribution >= 4 is 23.3 Å². The average Bonchev–Trinajstić information content (AvgIpc) is 3.20. The van der Waals surface area contributed by atoms with Crippen LogP contribution in [0, 0.1) is 0 Å². The highest BCUT2D eigenvalue weighted by Gasteiger charge is 2.38. The van der Waals surface area contributed by atoms with E-state index in [4.69, 9.17) is 4.74 Å². The number of esters is 1. The van der Waals surface area contributed by atoms with Gasteiger partial charge in [-0.3, -0.25) is 9.80 Å². The molecule has 0 bridgehead atoms. The number of rotatable bonds is 7. The Kier molecular flexibility index (Phi) is 6.68. The van der Waals surface area contributed by atoms with Crippen molar-refractivity contribution in [3.63, 3.8) is 0 Å². The second-order valence-electron chi connectivity index (χ2n) is 6.76. The minimum atomic E-state index is -0.483. The number of nitrogens with one attached hydrogen (secondary N) is 1. The van der Waals surface area contributed by atoms with E-state index in [0.717, 1.165) is 37.2 Å². The number of nitrogens with zero attached hydrogens (tertiary/aromatic N) is 2. The van der Waals surface area contributed by atoms with Gasteiger partial charge in [-0.2, -0.15) is 11.3 Å². The van der Waals surface area contributed by atoms with Gasteiger partial charge in [0.1, 0.15) is 0 Å². The van der Waals surface area contributed by atoms with Gasteiger partial charge in [0.05, 0.1) is 18.2 Å². The first-order valence-electron chi connectivity index (χ1n) is 9.49. The van der Waals surface area contributed by atoms with Crippen molar-refractivity contribution in [1.82, 2.24) is 15.1 Å². The zero-order chi connectivity index (χ0) is 19.2. The number of hydrogen-bond donors (Lipinski definition) is 1. The minimum Gasteiger partial charge on any atom is -0.463 e. The lowest BCUT2D eigenvalue weighted by Crippen LogP contribution is -2.51. The van der Waals surface area contributed by atoms with E-state index < -0.39 is 6.04 Å². The summed E-state index contributed by atoms with van der Waals surface area (Å²) in [4.78, 5) is 29.7. The van der Waals surface area contributed by atoms with Gasteiger partial charge in [-0.25, -0.2) is 9.59 Å². The van der Waals surface area contributed by atoms with E-state index in [9.17, 15) is 9.59 Å². The van der Waals surface area contributed by atoms with E-state index in [-0.39, 0.29) is 12.0 Å². The Bertz CT molecular complexity index is 708. The Morgan fingerprint density at radius 2 is 2.19 bits per heavy atom. The van der Waals surface area contributed by atoms with E-state index in [1.165, 1.54) is 6.42 Å². The van der Waals surface area contributed by atoms with Gasteiger partial charge in [-0.1, -0.05) is 12.5 Å². The van der Waals surface area contributed by atoms with Crippen LogP contribution in [0.15, 0.2) is 40.8 Å². The van der Waals surface area contributed by atoms with Gasteiger partial charge in [0.25, 0.3) is 0 Å². The van der Waals surface area contributed by atoms with Gasteiger partial charge in [-0.15, -0.1) is 6.58 Å². The van der Waals surface area contributed by atoms with Crippen molar-refractivity contribution in [1.29, 1.82) is 0 Å². The largest absolute Gasteiger partial charge is 0.463 e. The lowest BCUT2D eigenvalue weighted by molar-refractivity contribution is -0.139. The van der Waals surface area contributed by atoms with Crippen LogP contribution in [0.5, 0.6) is 0 Å². The predicted octanol–water partition coefficient (Wildman–Crippen LogP) is 3.30. The fraction of sp³-hybridized carbons (Fsp3) is 0.500. The topological polar surface area (TPSA) is 61.9 Å². The fourth-order valence-corrected chi connectivity index (χ4v) is 4.35. The van der Waals surface area contributed by atoms with Crippen molar-refractivity contribution in [3.05, 3.63) is 46.3 Å². The van der Waals surface area contributed by atoms with Crippen LogP contribution in [0.2, 0.25) is 0 Å². The van der Waals surface area contributed by atoms with Crippen molar-refractivity contribution in [2.75, 3.05) is 32.8 Å². The molecule has 146 valence electrons. The van der Waals surface area contributed by atoms with Crippen LogP contribution in [-0.4, -0.2) is 54.6 Å². The molecule has 1 atom stereocenters. The maximum absolute atomic E-state index is 12.9. The SMILES string of the molecule is C=CCN1C(=O)N[C@H](c2ccsc2)C(C(=O)OCC)=C1CN1CCCCC1. The number of thiophene rings is 1. The number of ether oxygens (including phenoxy) is 1. The molecule has 27 heavy (non-hydrogen) atoms. The van der Waals surface area contributed by atoms with Crippen LogP contribution >= 0.6 is 11.3 Å². The molecular weight excluding hydrogens is 362 g/mol. The van der Waals surface area contributed by atoms with E-state index in [2.05, 4.69) is 16.8 Å². The summed E-state index contributed by atoms with van der Waals surface area (Å²) in [5.41, 5.74) is 2.17. The molecular formula is C20H27N3O3S. The zero-order valence-electron chi connectivity index (χ0n) is 15.8.